The van der Waals surface area contributed by atoms with E-state index in [1.54, 1.807) is 43.5 Å². The van der Waals surface area contributed by atoms with Crippen LogP contribution in [0.1, 0.15) is 18.5 Å². The molecule has 28 heavy (non-hydrogen) atoms. The van der Waals surface area contributed by atoms with Gasteiger partial charge in [0.25, 0.3) is 11.6 Å². The molecule has 0 saturated heterocycles. The van der Waals surface area contributed by atoms with Crippen LogP contribution in [-0.2, 0) is 4.79 Å². The van der Waals surface area contributed by atoms with E-state index in [2.05, 4.69) is 31.1 Å². The summed E-state index contributed by atoms with van der Waals surface area (Å²) >= 11 is 0. The summed E-state index contributed by atoms with van der Waals surface area (Å²) in [7, 11) is 0. The standard InChI is InChI=1S/C17H14N8O3/c1-10-14(16(26)20-11-5-4-8-18-9-11)15(24-17(19-10)21-22-23-24)12-6-2-3-7-13(12)25(27)28/h2-9,15H,1H3,(H,20,26)(H,19,21,23). The van der Waals surface area contributed by atoms with Gasteiger partial charge in [-0.15, -0.1) is 0 Å². The number of nitro benzene ring substituents is 1. The van der Waals surface area contributed by atoms with Crippen molar-refractivity contribution in [2.45, 2.75) is 13.0 Å². The highest BCUT2D eigenvalue weighted by molar-refractivity contribution is 6.06. The van der Waals surface area contributed by atoms with Gasteiger partial charge in [0.15, 0.2) is 0 Å². The molecule has 1 aliphatic rings. The molecule has 0 spiro atoms. The van der Waals surface area contributed by atoms with E-state index in [4.69, 9.17) is 0 Å². The number of rotatable bonds is 4. The number of anilines is 2. The Kier molecular flexibility index (Phi) is 4.24. The Morgan fingerprint density at radius 2 is 2.11 bits per heavy atom. The first kappa shape index (κ1) is 17.3. The first-order valence-electron chi connectivity index (χ1n) is 8.26. The van der Waals surface area contributed by atoms with E-state index in [1.807, 2.05) is 0 Å². The van der Waals surface area contributed by atoms with Crippen molar-refractivity contribution in [2.75, 3.05) is 10.6 Å². The maximum atomic E-state index is 13.1. The smallest absolute Gasteiger partial charge is 0.275 e. The molecule has 0 saturated carbocycles. The Balaban J connectivity index is 1.84. The number of amides is 1. The van der Waals surface area contributed by atoms with Crippen LogP contribution in [-0.4, -0.2) is 36.0 Å². The van der Waals surface area contributed by atoms with E-state index in [0.29, 0.717) is 22.9 Å². The number of hydrogen-bond donors (Lipinski definition) is 2. The predicted octanol–water partition coefficient (Wildman–Crippen LogP) is 1.90. The zero-order valence-corrected chi connectivity index (χ0v) is 14.6. The molecule has 1 unspecified atom stereocenters. The van der Waals surface area contributed by atoms with Crippen molar-refractivity contribution >= 4 is 23.2 Å². The Labute approximate surface area is 158 Å². The molecule has 11 heteroatoms. The lowest BCUT2D eigenvalue weighted by Gasteiger charge is -2.27. The molecule has 0 fully saturated rings. The van der Waals surface area contributed by atoms with Crippen LogP contribution in [0.25, 0.3) is 0 Å². The first-order valence-corrected chi connectivity index (χ1v) is 8.26. The van der Waals surface area contributed by atoms with E-state index in [1.165, 1.54) is 16.9 Å². The topological polar surface area (TPSA) is 141 Å². The summed E-state index contributed by atoms with van der Waals surface area (Å²) in [4.78, 5) is 28.1. The number of allylic oxidation sites excluding steroid dienone is 1. The number of nitro groups is 1. The summed E-state index contributed by atoms with van der Waals surface area (Å²) in [5.41, 5.74) is 1.43. The van der Waals surface area contributed by atoms with Crippen molar-refractivity contribution < 1.29 is 9.72 Å². The molecule has 2 aromatic heterocycles. The average molecular weight is 378 g/mol. The number of aromatic nitrogens is 5. The highest BCUT2D eigenvalue weighted by Crippen LogP contribution is 2.38. The quantitative estimate of drug-likeness (QED) is 0.518. The maximum Gasteiger partial charge on any atom is 0.275 e. The fraction of sp³-hybridized carbons (Fsp3) is 0.118. The van der Waals surface area contributed by atoms with Gasteiger partial charge in [0, 0.05) is 18.0 Å². The molecule has 0 aliphatic carbocycles. The van der Waals surface area contributed by atoms with Crippen LogP contribution in [0.2, 0.25) is 0 Å². The van der Waals surface area contributed by atoms with Crippen molar-refractivity contribution in [3.05, 3.63) is 75.7 Å². The Morgan fingerprint density at radius 3 is 2.86 bits per heavy atom. The van der Waals surface area contributed by atoms with Crippen LogP contribution in [0, 0.1) is 10.1 Å². The average Bonchev–Trinajstić information content (AvgIpc) is 3.15. The number of para-hydroxylation sites is 1. The third-order valence-electron chi connectivity index (χ3n) is 4.31. The van der Waals surface area contributed by atoms with Gasteiger partial charge < -0.3 is 10.6 Å². The fourth-order valence-corrected chi connectivity index (χ4v) is 3.11. The summed E-state index contributed by atoms with van der Waals surface area (Å²) < 4.78 is 1.35. The second kappa shape index (κ2) is 6.87. The Bertz CT molecular complexity index is 1090. The molecule has 0 bridgehead atoms. The van der Waals surface area contributed by atoms with E-state index in [9.17, 15) is 14.9 Å². The van der Waals surface area contributed by atoms with Crippen molar-refractivity contribution in [3.63, 3.8) is 0 Å². The molecular weight excluding hydrogens is 364 g/mol. The highest BCUT2D eigenvalue weighted by atomic mass is 16.6. The molecule has 1 aromatic carbocycles. The number of benzene rings is 1. The largest absolute Gasteiger partial charge is 0.326 e. The number of nitrogens with one attached hydrogen (secondary N) is 2. The Morgan fingerprint density at radius 1 is 1.29 bits per heavy atom. The number of carbonyl (C=O) groups excluding carboxylic acids is 1. The summed E-state index contributed by atoms with van der Waals surface area (Å²) in [6.07, 6.45) is 3.10. The number of fused-ring (bicyclic) bond motifs is 1. The zero-order valence-electron chi connectivity index (χ0n) is 14.6. The van der Waals surface area contributed by atoms with Crippen LogP contribution in [0.4, 0.5) is 17.3 Å². The molecule has 1 aliphatic heterocycles. The molecule has 1 atom stereocenters. The van der Waals surface area contributed by atoms with E-state index in [-0.39, 0.29) is 11.3 Å². The van der Waals surface area contributed by atoms with Gasteiger partial charge in [-0.05, 0) is 35.5 Å². The van der Waals surface area contributed by atoms with Crippen LogP contribution in [0.5, 0.6) is 0 Å². The maximum absolute atomic E-state index is 13.1. The van der Waals surface area contributed by atoms with Gasteiger partial charge in [-0.2, -0.15) is 4.68 Å². The Hall–Kier alpha value is -4.15. The highest BCUT2D eigenvalue weighted by Gasteiger charge is 2.37. The van der Waals surface area contributed by atoms with Gasteiger partial charge >= 0.3 is 0 Å². The first-order chi connectivity index (χ1) is 13.6. The summed E-state index contributed by atoms with van der Waals surface area (Å²) in [5, 5.41) is 28.7. The van der Waals surface area contributed by atoms with Gasteiger partial charge in [-0.25, -0.2) is 0 Å². The number of carbonyl (C=O) groups is 1. The fourth-order valence-electron chi connectivity index (χ4n) is 3.11. The van der Waals surface area contributed by atoms with Gasteiger partial charge in [0.2, 0.25) is 5.95 Å². The van der Waals surface area contributed by atoms with Crippen LogP contribution in [0.3, 0.4) is 0 Å². The third-order valence-corrected chi connectivity index (χ3v) is 4.31. The van der Waals surface area contributed by atoms with Crippen molar-refractivity contribution in [3.8, 4) is 0 Å². The summed E-state index contributed by atoms with van der Waals surface area (Å²) in [6.45, 7) is 1.69. The minimum Gasteiger partial charge on any atom is -0.326 e. The molecule has 3 aromatic rings. The molecule has 1 amide bonds. The monoisotopic (exact) mass is 378 g/mol. The molecule has 11 nitrogen and oxygen atoms in total. The lowest BCUT2D eigenvalue weighted by molar-refractivity contribution is -0.385. The molecule has 4 rings (SSSR count). The number of pyridine rings is 1. The minimum atomic E-state index is -0.871. The summed E-state index contributed by atoms with van der Waals surface area (Å²) in [6, 6.07) is 8.71. The zero-order chi connectivity index (χ0) is 19.7. The van der Waals surface area contributed by atoms with Gasteiger partial charge in [-0.3, -0.25) is 19.9 Å². The third kappa shape index (κ3) is 2.94. The molecular formula is C17H14N8O3. The van der Waals surface area contributed by atoms with Gasteiger partial charge in [0.1, 0.15) is 6.04 Å². The van der Waals surface area contributed by atoms with E-state index in [0.717, 1.165) is 0 Å². The SMILES string of the molecule is CC1=C(C(=O)Nc2cccnc2)C(c2ccccc2[N+](=O)[O-])n2nnnc2N1. The molecule has 140 valence electrons. The van der Waals surface area contributed by atoms with Crippen molar-refractivity contribution in [1.82, 2.24) is 25.2 Å². The number of nitrogens with zero attached hydrogens (tertiary/aromatic N) is 6. The van der Waals surface area contributed by atoms with Gasteiger partial charge in [0.05, 0.1) is 27.9 Å². The van der Waals surface area contributed by atoms with Crippen molar-refractivity contribution in [2.24, 2.45) is 0 Å². The van der Waals surface area contributed by atoms with Crippen LogP contribution in [0.15, 0.2) is 60.1 Å². The number of hydrogen-bond acceptors (Lipinski definition) is 8. The second-order valence-corrected chi connectivity index (χ2v) is 6.03. The van der Waals surface area contributed by atoms with Gasteiger partial charge in [-0.1, -0.05) is 17.2 Å². The van der Waals surface area contributed by atoms with E-state index >= 15 is 0 Å². The predicted molar refractivity (Wildman–Crippen MR) is 98.2 cm³/mol. The molecule has 0 radical (unpaired) electrons. The van der Waals surface area contributed by atoms with Crippen LogP contribution < -0.4 is 10.6 Å². The lowest BCUT2D eigenvalue weighted by atomic mass is 9.93. The lowest BCUT2D eigenvalue weighted by Crippen LogP contribution is -2.32. The molecule has 2 N–H and O–H groups in total. The van der Waals surface area contributed by atoms with Crippen LogP contribution >= 0.6 is 0 Å². The minimum absolute atomic E-state index is 0.129. The summed E-state index contributed by atoms with van der Waals surface area (Å²) in [5.74, 6) is -0.152. The normalized spacial score (nSPS) is 15.5. The van der Waals surface area contributed by atoms with Crippen molar-refractivity contribution in [1.29, 1.82) is 0 Å². The number of tetrazole rings is 1. The van der Waals surface area contributed by atoms with E-state index < -0.39 is 16.9 Å². The molecule has 3 heterocycles. The second-order valence-electron chi connectivity index (χ2n) is 6.03.